The maximum atomic E-state index is 11.9. The van der Waals surface area contributed by atoms with E-state index in [0.29, 0.717) is 17.1 Å². The largest absolute Gasteiger partial charge is 0.497 e. The van der Waals surface area contributed by atoms with Gasteiger partial charge in [0.05, 0.1) is 25.2 Å². The van der Waals surface area contributed by atoms with Gasteiger partial charge in [-0.05, 0) is 18.2 Å². The lowest BCUT2D eigenvalue weighted by atomic mass is 10.2. The monoisotopic (exact) mass is 322 g/mol. The zero-order chi connectivity index (χ0) is 15.7. The van der Waals surface area contributed by atoms with Crippen LogP contribution in [-0.2, 0) is 4.74 Å². The highest BCUT2D eigenvalue weighted by Crippen LogP contribution is 2.23. The maximum absolute atomic E-state index is 11.9. The van der Waals surface area contributed by atoms with Crippen LogP contribution < -0.4 is 9.47 Å². The molecule has 0 radical (unpaired) electrons. The van der Waals surface area contributed by atoms with Crippen LogP contribution in [0.4, 0.5) is 13.2 Å². The van der Waals surface area contributed by atoms with Crippen molar-refractivity contribution >= 4 is 11.6 Å². The number of halogens is 4. The summed E-state index contributed by atoms with van der Waals surface area (Å²) in [5.74, 6) is 6.66. The van der Waals surface area contributed by atoms with Crippen LogP contribution in [0.2, 0.25) is 0 Å². The van der Waals surface area contributed by atoms with Gasteiger partial charge in [0.1, 0.15) is 24.7 Å². The quantitative estimate of drug-likeness (QED) is 0.457. The van der Waals surface area contributed by atoms with Crippen molar-refractivity contribution in [3.8, 4) is 23.3 Å². The van der Waals surface area contributed by atoms with Crippen LogP contribution in [0, 0.1) is 11.8 Å². The molecule has 0 fully saturated rings. The van der Waals surface area contributed by atoms with E-state index in [1.165, 1.54) is 7.11 Å². The third-order valence-corrected chi connectivity index (χ3v) is 2.36. The van der Waals surface area contributed by atoms with Gasteiger partial charge in [-0.2, -0.15) is 13.2 Å². The molecule has 1 aromatic carbocycles. The molecular formula is C14H14ClF3O3. The molecule has 21 heavy (non-hydrogen) atoms. The van der Waals surface area contributed by atoms with E-state index in [0.717, 1.165) is 0 Å². The van der Waals surface area contributed by atoms with Crippen LogP contribution in [0.1, 0.15) is 5.56 Å². The lowest BCUT2D eigenvalue weighted by molar-refractivity contribution is -0.175. The van der Waals surface area contributed by atoms with Crippen molar-refractivity contribution in [2.24, 2.45) is 0 Å². The summed E-state index contributed by atoms with van der Waals surface area (Å²) >= 11 is 5.49. The first-order valence-electron chi connectivity index (χ1n) is 5.96. The minimum atomic E-state index is -4.34. The van der Waals surface area contributed by atoms with Crippen molar-refractivity contribution in [3.05, 3.63) is 23.8 Å². The lowest BCUT2D eigenvalue weighted by Gasteiger charge is -2.11. The van der Waals surface area contributed by atoms with Crippen molar-refractivity contribution in [2.75, 3.05) is 32.8 Å². The minimum absolute atomic E-state index is 0.0159. The molecule has 0 aliphatic rings. The topological polar surface area (TPSA) is 27.7 Å². The van der Waals surface area contributed by atoms with Crippen molar-refractivity contribution in [1.29, 1.82) is 0 Å². The average Bonchev–Trinajstić information content (AvgIpc) is 2.44. The first-order chi connectivity index (χ1) is 9.96. The molecule has 116 valence electrons. The number of alkyl halides is 4. The van der Waals surface area contributed by atoms with Gasteiger partial charge < -0.3 is 14.2 Å². The predicted molar refractivity (Wildman–Crippen MR) is 73.0 cm³/mol. The second kappa shape index (κ2) is 8.65. The molecule has 0 bridgehead atoms. The smallest absolute Gasteiger partial charge is 0.411 e. The molecule has 1 aromatic rings. The SMILES string of the molecule is COc1ccc(OCCOCC(F)(F)F)c(C#CCCl)c1. The highest BCUT2D eigenvalue weighted by molar-refractivity contribution is 6.19. The summed E-state index contributed by atoms with van der Waals surface area (Å²) in [7, 11) is 1.51. The molecule has 3 nitrogen and oxygen atoms in total. The van der Waals surface area contributed by atoms with Gasteiger partial charge in [-0.15, -0.1) is 11.6 Å². The Bertz CT molecular complexity index is 506. The van der Waals surface area contributed by atoms with E-state index in [1.807, 2.05) is 0 Å². The molecule has 0 unspecified atom stereocenters. The standard InChI is InChI=1S/C14H14ClF3O3/c1-19-12-4-5-13(11(9-12)3-2-6-15)21-8-7-20-10-14(16,17)18/h4-5,9H,6-8,10H2,1H3. The molecule has 0 aliphatic carbocycles. The second-order valence-corrected chi connectivity index (χ2v) is 4.08. The molecule has 0 N–H and O–H groups in total. The molecule has 7 heteroatoms. The maximum Gasteiger partial charge on any atom is 0.411 e. The zero-order valence-electron chi connectivity index (χ0n) is 11.3. The van der Waals surface area contributed by atoms with Gasteiger partial charge in [-0.25, -0.2) is 0 Å². The molecular weight excluding hydrogens is 309 g/mol. The van der Waals surface area contributed by atoms with Crippen LogP contribution in [0.5, 0.6) is 11.5 Å². The van der Waals surface area contributed by atoms with E-state index in [2.05, 4.69) is 16.6 Å². The summed E-state index contributed by atoms with van der Waals surface area (Å²) in [6.45, 7) is -1.48. The van der Waals surface area contributed by atoms with Crippen molar-refractivity contribution in [3.63, 3.8) is 0 Å². The van der Waals surface area contributed by atoms with Gasteiger partial charge in [0.2, 0.25) is 0 Å². The number of ether oxygens (including phenoxy) is 3. The molecule has 0 aliphatic heterocycles. The molecule has 0 amide bonds. The van der Waals surface area contributed by atoms with Gasteiger partial charge in [0, 0.05) is 0 Å². The van der Waals surface area contributed by atoms with E-state index >= 15 is 0 Å². The van der Waals surface area contributed by atoms with Gasteiger partial charge in [-0.3, -0.25) is 0 Å². The van der Waals surface area contributed by atoms with Gasteiger partial charge >= 0.3 is 6.18 Å². The van der Waals surface area contributed by atoms with E-state index in [1.54, 1.807) is 18.2 Å². The second-order valence-electron chi connectivity index (χ2n) is 3.81. The highest BCUT2D eigenvalue weighted by Gasteiger charge is 2.27. The van der Waals surface area contributed by atoms with E-state index in [9.17, 15) is 13.2 Å². The summed E-state index contributed by atoms with van der Waals surface area (Å²) in [6.07, 6.45) is -4.34. The van der Waals surface area contributed by atoms with Crippen LogP contribution in [0.15, 0.2) is 18.2 Å². The van der Waals surface area contributed by atoms with E-state index in [4.69, 9.17) is 21.1 Å². The third kappa shape index (κ3) is 7.11. The summed E-state index contributed by atoms with van der Waals surface area (Å²) in [5, 5.41) is 0. The number of hydrogen-bond acceptors (Lipinski definition) is 3. The summed E-state index contributed by atoms with van der Waals surface area (Å²) in [4.78, 5) is 0. The molecule has 0 saturated heterocycles. The van der Waals surface area contributed by atoms with Gasteiger partial charge in [-0.1, -0.05) is 11.8 Å². The molecule has 0 aromatic heterocycles. The summed E-state index contributed by atoms with van der Waals surface area (Å²) < 4.78 is 50.5. The van der Waals surface area contributed by atoms with Crippen LogP contribution in [0.3, 0.4) is 0 Å². The summed E-state index contributed by atoms with van der Waals surface area (Å²) in [6, 6.07) is 4.95. The van der Waals surface area contributed by atoms with Crippen molar-refractivity contribution < 1.29 is 27.4 Å². The fourth-order valence-corrected chi connectivity index (χ4v) is 1.45. The Kier molecular flexibility index (Phi) is 7.20. The Labute approximate surface area is 125 Å². The molecule has 1 rings (SSSR count). The number of benzene rings is 1. The first-order valence-corrected chi connectivity index (χ1v) is 6.50. The van der Waals surface area contributed by atoms with Crippen LogP contribution >= 0.6 is 11.6 Å². The zero-order valence-corrected chi connectivity index (χ0v) is 12.1. The van der Waals surface area contributed by atoms with Crippen molar-refractivity contribution in [2.45, 2.75) is 6.18 Å². The van der Waals surface area contributed by atoms with E-state index < -0.39 is 12.8 Å². The fraction of sp³-hybridized carbons (Fsp3) is 0.429. The Balaban J connectivity index is 2.57. The number of methoxy groups -OCH3 is 1. The number of rotatable bonds is 6. The molecule has 0 heterocycles. The van der Waals surface area contributed by atoms with E-state index in [-0.39, 0.29) is 19.1 Å². The minimum Gasteiger partial charge on any atom is -0.497 e. The Morgan fingerprint density at radius 1 is 1.24 bits per heavy atom. The Morgan fingerprint density at radius 3 is 2.62 bits per heavy atom. The molecule has 0 atom stereocenters. The van der Waals surface area contributed by atoms with Gasteiger partial charge in [0.25, 0.3) is 0 Å². The first kappa shape index (κ1) is 17.5. The highest BCUT2D eigenvalue weighted by atomic mass is 35.5. The van der Waals surface area contributed by atoms with Gasteiger partial charge in [0.15, 0.2) is 0 Å². The predicted octanol–water partition coefficient (Wildman–Crippen LogP) is 3.24. The van der Waals surface area contributed by atoms with Crippen molar-refractivity contribution in [1.82, 2.24) is 0 Å². The average molecular weight is 323 g/mol. The lowest BCUT2D eigenvalue weighted by Crippen LogP contribution is -2.19. The normalized spacial score (nSPS) is 10.7. The fourth-order valence-electron chi connectivity index (χ4n) is 1.39. The summed E-state index contributed by atoms with van der Waals surface area (Å²) in [5.41, 5.74) is 0.547. The molecule has 0 spiro atoms. The molecule has 0 saturated carbocycles. The third-order valence-electron chi connectivity index (χ3n) is 2.23. The van der Waals surface area contributed by atoms with Crippen LogP contribution in [-0.4, -0.2) is 39.0 Å². The van der Waals surface area contributed by atoms with Crippen LogP contribution in [0.25, 0.3) is 0 Å². The number of hydrogen-bond donors (Lipinski definition) is 0. The Morgan fingerprint density at radius 2 is 2.00 bits per heavy atom. The Hall–Kier alpha value is -1.58.